The molecule has 1 amide bonds. The van der Waals surface area contributed by atoms with Gasteiger partial charge in [0.2, 0.25) is 0 Å². The molecule has 2 heterocycles. The average molecular weight is 272 g/mol. The summed E-state index contributed by atoms with van der Waals surface area (Å²) in [5.41, 5.74) is 1.24. The highest BCUT2D eigenvalue weighted by molar-refractivity contribution is 5.97. The summed E-state index contributed by atoms with van der Waals surface area (Å²) in [6, 6.07) is 1.99. The van der Waals surface area contributed by atoms with Crippen LogP contribution in [0.1, 0.15) is 42.6 Å². The Balaban J connectivity index is 2.24. The minimum atomic E-state index is 0.0250. The van der Waals surface area contributed by atoms with Crippen LogP contribution in [-0.4, -0.2) is 40.1 Å². The first kappa shape index (κ1) is 14.5. The number of carbonyl (C=O) groups is 1. The minimum absolute atomic E-state index is 0.0250. The van der Waals surface area contributed by atoms with Gasteiger partial charge in [0.25, 0.3) is 5.91 Å². The molecule has 1 aliphatic rings. The Hall–Kier alpha value is -1.86. The highest BCUT2D eigenvalue weighted by Gasteiger charge is 2.31. The summed E-state index contributed by atoms with van der Waals surface area (Å²) in [7, 11) is 0. The van der Waals surface area contributed by atoms with Crippen LogP contribution in [0, 0.1) is 17.8 Å². The van der Waals surface area contributed by atoms with Crippen LogP contribution in [0.2, 0.25) is 0 Å². The topological polar surface area (TPSA) is 53.4 Å². The van der Waals surface area contributed by atoms with Crippen LogP contribution in [0.3, 0.4) is 0 Å². The molecule has 0 aliphatic carbocycles. The first-order valence-electron chi connectivity index (χ1n) is 6.98. The zero-order valence-electron chi connectivity index (χ0n) is 12.0. The van der Waals surface area contributed by atoms with E-state index in [4.69, 9.17) is 5.11 Å². The highest BCUT2D eigenvalue weighted by Crippen LogP contribution is 2.24. The van der Waals surface area contributed by atoms with Gasteiger partial charge in [-0.25, -0.2) is 0 Å². The Labute approximate surface area is 119 Å². The number of likely N-dealkylation sites (tertiary alicyclic amines) is 1. The molecule has 20 heavy (non-hydrogen) atoms. The molecule has 0 bridgehead atoms. The number of rotatable bonds is 2. The first-order valence-corrected chi connectivity index (χ1v) is 6.98. The molecule has 1 N–H and O–H groups in total. The number of aromatic nitrogens is 1. The maximum atomic E-state index is 12.6. The largest absolute Gasteiger partial charge is 0.395 e. The summed E-state index contributed by atoms with van der Waals surface area (Å²) < 4.78 is 0. The van der Waals surface area contributed by atoms with Gasteiger partial charge in [-0.3, -0.25) is 9.78 Å². The zero-order valence-corrected chi connectivity index (χ0v) is 12.0. The van der Waals surface area contributed by atoms with Gasteiger partial charge in [-0.15, -0.1) is 0 Å². The van der Waals surface area contributed by atoms with Gasteiger partial charge in [-0.2, -0.15) is 0 Å². The molecular weight excluding hydrogens is 252 g/mol. The van der Waals surface area contributed by atoms with Crippen molar-refractivity contribution in [1.82, 2.24) is 9.88 Å². The van der Waals surface area contributed by atoms with Crippen molar-refractivity contribution < 1.29 is 9.90 Å². The molecule has 1 saturated heterocycles. The molecule has 2 rings (SSSR count). The predicted octanol–water partition coefficient (Wildman–Crippen LogP) is 1.69. The minimum Gasteiger partial charge on any atom is -0.395 e. The fourth-order valence-electron chi connectivity index (χ4n) is 2.63. The maximum absolute atomic E-state index is 12.6. The van der Waals surface area contributed by atoms with Gasteiger partial charge in [0, 0.05) is 31.4 Å². The van der Waals surface area contributed by atoms with E-state index >= 15 is 0 Å². The molecular formula is C16H20N2O2. The molecule has 1 aromatic rings. The lowest BCUT2D eigenvalue weighted by molar-refractivity contribution is 0.0743. The van der Waals surface area contributed by atoms with Gasteiger partial charge in [-0.1, -0.05) is 18.8 Å². The summed E-state index contributed by atoms with van der Waals surface area (Å²) in [5, 5.41) is 8.77. The summed E-state index contributed by atoms with van der Waals surface area (Å²) in [4.78, 5) is 18.6. The van der Waals surface area contributed by atoms with Crippen molar-refractivity contribution in [2.45, 2.75) is 32.7 Å². The monoisotopic (exact) mass is 272 g/mol. The van der Waals surface area contributed by atoms with Gasteiger partial charge in [-0.05, 0) is 25.3 Å². The lowest BCUT2D eigenvalue weighted by Gasteiger charge is -2.22. The normalized spacial score (nSPS) is 21.4. The molecule has 4 heteroatoms. The standard InChI is InChI=1S/C16H20N2O2/c1-12-9-13(2)18(11-12)16(20)15-6-7-17-10-14(15)5-3-4-8-19/h6-7,10,12-13,19H,4,8-9,11H2,1-2H3. The number of nitrogens with zero attached hydrogens (tertiary/aromatic N) is 2. The van der Waals surface area contributed by atoms with Crippen LogP contribution < -0.4 is 0 Å². The SMILES string of the molecule is CC1CC(C)N(C(=O)c2ccncc2C#CCCO)C1. The first-order chi connectivity index (χ1) is 9.63. The quantitative estimate of drug-likeness (QED) is 0.834. The van der Waals surface area contributed by atoms with Gasteiger partial charge >= 0.3 is 0 Å². The molecule has 0 radical (unpaired) electrons. The molecule has 0 aromatic carbocycles. The van der Waals surface area contributed by atoms with E-state index in [1.165, 1.54) is 0 Å². The molecule has 106 valence electrons. The van der Waals surface area contributed by atoms with Crippen LogP contribution in [0.15, 0.2) is 18.5 Å². The molecule has 1 aliphatic heterocycles. The number of aliphatic hydroxyl groups is 1. The number of hydrogen-bond donors (Lipinski definition) is 1. The lowest BCUT2D eigenvalue weighted by atomic mass is 10.1. The average Bonchev–Trinajstić information content (AvgIpc) is 2.78. The highest BCUT2D eigenvalue weighted by atomic mass is 16.2. The number of pyridine rings is 1. The van der Waals surface area contributed by atoms with Gasteiger partial charge in [0.05, 0.1) is 17.7 Å². The lowest BCUT2D eigenvalue weighted by Crippen LogP contribution is -2.34. The van der Waals surface area contributed by atoms with Crippen molar-refractivity contribution in [3.63, 3.8) is 0 Å². The third kappa shape index (κ3) is 3.17. The van der Waals surface area contributed by atoms with Crippen molar-refractivity contribution in [2.75, 3.05) is 13.2 Å². The van der Waals surface area contributed by atoms with E-state index in [-0.39, 0.29) is 18.6 Å². The smallest absolute Gasteiger partial charge is 0.255 e. The Morgan fingerprint density at radius 2 is 2.35 bits per heavy atom. The molecule has 4 nitrogen and oxygen atoms in total. The summed E-state index contributed by atoms with van der Waals surface area (Å²) in [5.74, 6) is 6.34. The van der Waals surface area contributed by atoms with Crippen molar-refractivity contribution in [3.8, 4) is 11.8 Å². The van der Waals surface area contributed by atoms with Crippen LogP contribution in [0.4, 0.5) is 0 Å². The summed E-state index contributed by atoms with van der Waals surface area (Å²) in [6.45, 7) is 5.07. The maximum Gasteiger partial charge on any atom is 0.255 e. The number of aliphatic hydroxyl groups excluding tert-OH is 1. The Kier molecular flexibility index (Phi) is 4.75. The van der Waals surface area contributed by atoms with Crippen LogP contribution >= 0.6 is 0 Å². The molecule has 2 unspecified atom stereocenters. The fraction of sp³-hybridized carbons (Fsp3) is 0.500. The van der Waals surface area contributed by atoms with E-state index in [0.717, 1.165) is 13.0 Å². The van der Waals surface area contributed by atoms with E-state index in [1.807, 2.05) is 4.90 Å². The third-order valence-corrected chi connectivity index (χ3v) is 3.56. The van der Waals surface area contributed by atoms with Gasteiger partial charge in [0.1, 0.15) is 0 Å². The molecule has 1 fully saturated rings. The van der Waals surface area contributed by atoms with Crippen molar-refractivity contribution in [2.24, 2.45) is 5.92 Å². The van der Waals surface area contributed by atoms with E-state index in [2.05, 4.69) is 30.7 Å². The van der Waals surface area contributed by atoms with Crippen molar-refractivity contribution >= 4 is 5.91 Å². The van der Waals surface area contributed by atoms with Crippen LogP contribution in [-0.2, 0) is 0 Å². The van der Waals surface area contributed by atoms with Gasteiger partial charge in [0.15, 0.2) is 0 Å². The number of carbonyl (C=O) groups excluding carboxylic acids is 1. The van der Waals surface area contributed by atoms with E-state index in [1.54, 1.807) is 18.5 Å². The van der Waals surface area contributed by atoms with E-state index in [9.17, 15) is 4.79 Å². The van der Waals surface area contributed by atoms with Gasteiger partial charge < -0.3 is 10.0 Å². The molecule has 2 atom stereocenters. The van der Waals surface area contributed by atoms with Crippen molar-refractivity contribution in [1.29, 1.82) is 0 Å². The molecule has 0 saturated carbocycles. The molecule has 1 aromatic heterocycles. The van der Waals surface area contributed by atoms with Crippen LogP contribution in [0.5, 0.6) is 0 Å². The third-order valence-electron chi connectivity index (χ3n) is 3.56. The summed E-state index contributed by atoms with van der Waals surface area (Å²) >= 11 is 0. The van der Waals surface area contributed by atoms with E-state index in [0.29, 0.717) is 23.5 Å². The summed E-state index contributed by atoms with van der Waals surface area (Å²) in [6.07, 6.45) is 4.68. The fourth-order valence-corrected chi connectivity index (χ4v) is 2.63. The number of hydrogen-bond acceptors (Lipinski definition) is 3. The zero-order chi connectivity index (χ0) is 14.5. The number of amides is 1. The Morgan fingerprint density at radius 3 is 3.00 bits per heavy atom. The molecule has 0 spiro atoms. The van der Waals surface area contributed by atoms with E-state index < -0.39 is 0 Å². The van der Waals surface area contributed by atoms with Crippen LogP contribution in [0.25, 0.3) is 0 Å². The van der Waals surface area contributed by atoms with Crippen molar-refractivity contribution in [3.05, 3.63) is 29.6 Å². The predicted molar refractivity (Wildman–Crippen MR) is 77.1 cm³/mol. The second-order valence-corrected chi connectivity index (χ2v) is 5.34. The second-order valence-electron chi connectivity index (χ2n) is 5.34. The second kappa shape index (κ2) is 6.53. The Morgan fingerprint density at radius 1 is 1.55 bits per heavy atom. The Bertz CT molecular complexity index is 545.